The number of amides is 3. The van der Waals surface area contributed by atoms with Crippen LogP contribution in [0, 0.1) is 11.8 Å². The summed E-state index contributed by atoms with van der Waals surface area (Å²) in [6, 6.07) is 6.04. The van der Waals surface area contributed by atoms with Crippen molar-refractivity contribution in [1.29, 1.82) is 0 Å². The fourth-order valence-corrected chi connectivity index (χ4v) is 6.16. The average molecular weight is 613 g/mol. The summed E-state index contributed by atoms with van der Waals surface area (Å²) < 4.78 is 5.77. The van der Waals surface area contributed by atoms with Crippen LogP contribution in [-0.2, 0) is 30.5 Å². The van der Waals surface area contributed by atoms with E-state index in [4.69, 9.17) is 10.5 Å². The summed E-state index contributed by atoms with van der Waals surface area (Å²) in [5.41, 5.74) is 6.51. The quantitative estimate of drug-likeness (QED) is 0.219. The van der Waals surface area contributed by atoms with Crippen LogP contribution in [-0.4, -0.2) is 57.2 Å². The molecule has 4 rings (SSSR count). The number of fused-ring (bicyclic) bond motifs is 4. The van der Waals surface area contributed by atoms with Crippen LogP contribution in [0.3, 0.4) is 0 Å². The number of cyclic esters (lactones) is 1. The Hall–Kier alpha value is -3.71. The molecule has 4 atom stereocenters. The van der Waals surface area contributed by atoms with Gasteiger partial charge in [0.2, 0.25) is 17.7 Å². The number of nitrogens with zero attached hydrogens (tertiary/aromatic N) is 2. The molecule has 1 aromatic heterocycles. The second-order valence-corrected chi connectivity index (χ2v) is 12.8. The molecule has 2 aliphatic rings. The van der Waals surface area contributed by atoms with Crippen LogP contribution in [0.4, 0.5) is 11.4 Å². The first-order chi connectivity index (χ1) is 19.9. The average Bonchev–Trinajstić information content (AvgIpc) is 3.58. The maximum absolute atomic E-state index is 13.3. The van der Waals surface area contributed by atoms with Crippen molar-refractivity contribution in [3.8, 4) is 0 Å². The topological polar surface area (TPSA) is 165 Å². The molecule has 4 unspecified atom stereocenters. The Bertz CT molecular complexity index is 1410. The number of nitrogen functional groups attached to an aromatic ring is 1. The number of hydrogen-bond acceptors (Lipinski definition) is 10. The van der Waals surface area contributed by atoms with E-state index in [1.54, 1.807) is 64.1 Å². The van der Waals surface area contributed by atoms with Crippen molar-refractivity contribution in [1.82, 2.24) is 15.6 Å². The van der Waals surface area contributed by atoms with Crippen LogP contribution in [0.1, 0.15) is 51.2 Å². The van der Waals surface area contributed by atoms with E-state index in [9.17, 15) is 19.2 Å². The zero-order valence-electron chi connectivity index (χ0n) is 24.0. The number of para-hydroxylation sites is 2. The highest BCUT2D eigenvalue weighted by Gasteiger charge is 2.41. The number of anilines is 2. The predicted octanol–water partition coefficient (Wildman–Crippen LogP) is 3.27. The van der Waals surface area contributed by atoms with Gasteiger partial charge in [-0.15, -0.1) is 23.1 Å². The highest BCUT2D eigenvalue weighted by molar-refractivity contribution is 8.14. The first-order valence-electron chi connectivity index (χ1n) is 13.7. The molecule has 224 valence electrons. The summed E-state index contributed by atoms with van der Waals surface area (Å²) >= 11 is 2.82. The molecular formula is C29H36N6O5S2. The molecule has 2 aromatic rings. The van der Waals surface area contributed by atoms with Gasteiger partial charge in [0.05, 0.1) is 24.3 Å². The molecule has 3 heterocycles. The third-order valence-electron chi connectivity index (χ3n) is 6.90. The van der Waals surface area contributed by atoms with E-state index in [2.05, 4.69) is 25.9 Å². The number of aliphatic imine (C=N–C) groups is 1. The van der Waals surface area contributed by atoms with Gasteiger partial charge >= 0.3 is 5.97 Å². The van der Waals surface area contributed by atoms with Crippen LogP contribution in [0.5, 0.6) is 0 Å². The third-order valence-corrected chi connectivity index (χ3v) is 9.03. The number of carbonyl (C=O) groups excluding carboxylic acids is 4. The highest BCUT2D eigenvalue weighted by atomic mass is 32.2. The van der Waals surface area contributed by atoms with Crippen molar-refractivity contribution < 1.29 is 23.9 Å². The summed E-state index contributed by atoms with van der Waals surface area (Å²) in [5, 5.41) is 11.7. The number of esters is 1. The molecule has 13 heteroatoms. The first kappa shape index (κ1) is 31.2. The molecule has 0 aliphatic carbocycles. The number of rotatable bonds is 6. The summed E-state index contributed by atoms with van der Waals surface area (Å²) in [4.78, 5) is 61.4. The minimum Gasteiger partial charge on any atom is -0.456 e. The minimum absolute atomic E-state index is 0.138. The standard InChI is InChI=1S/C29H36N6O5S2/c1-16(2)24-27(38)40-18(9-7-8-17(3)25(37)33-20-11-6-5-10-19(20)30)12-22(36)31-13-23-32-21(14-41-23)26-35-29(4,15-42-26)28(39)34-24/h5-7,9-11,14,16-18,24H,8,12-13,15,30H2,1-4H3,(H,31,36)(H,33,37)(H,34,39). The van der Waals surface area contributed by atoms with Gasteiger partial charge < -0.3 is 26.4 Å². The second-order valence-electron chi connectivity index (χ2n) is 10.9. The number of allylic oxidation sites excluding steroid dienone is 1. The number of aromatic nitrogens is 1. The van der Waals surface area contributed by atoms with Gasteiger partial charge in [0.15, 0.2) is 0 Å². The Morgan fingerprint density at radius 3 is 2.76 bits per heavy atom. The van der Waals surface area contributed by atoms with Gasteiger partial charge in [0.25, 0.3) is 0 Å². The Balaban J connectivity index is 1.50. The van der Waals surface area contributed by atoms with Gasteiger partial charge in [-0.25, -0.2) is 9.78 Å². The first-order valence-corrected chi connectivity index (χ1v) is 15.6. The lowest BCUT2D eigenvalue weighted by atomic mass is 10.00. The lowest BCUT2D eigenvalue weighted by molar-refractivity contribution is -0.153. The van der Waals surface area contributed by atoms with Gasteiger partial charge in [-0.2, -0.15) is 0 Å². The predicted molar refractivity (Wildman–Crippen MR) is 165 cm³/mol. The molecular weight excluding hydrogens is 576 g/mol. The van der Waals surface area contributed by atoms with Crippen LogP contribution < -0.4 is 21.7 Å². The van der Waals surface area contributed by atoms with E-state index in [0.29, 0.717) is 39.3 Å². The van der Waals surface area contributed by atoms with E-state index in [-0.39, 0.29) is 36.6 Å². The summed E-state index contributed by atoms with van der Waals surface area (Å²) in [6.07, 6.45) is 2.59. The van der Waals surface area contributed by atoms with Crippen molar-refractivity contribution in [2.75, 3.05) is 16.8 Å². The largest absolute Gasteiger partial charge is 0.456 e. The molecule has 0 saturated carbocycles. The number of thiazole rings is 1. The smallest absolute Gasteiger partial charge is 0.329 e. The maximum Gasteiger partial charge on any atom is 0.329 e. The van der Waals surface area contributed by atoms with E-state index in [0.717, 1.165) is 0 Å². The number of ether oxygens (including phenoxy) is 1. The zero-order chi connectivity index (χ0) is 30.4. The maximum atomic E-state index is 13.3. The van der Waals surface area contributed by atoms with Crippen molar-refractivity contribution in [2.45, 2.75) is 64.8 Å². The van der Waals surface area contributed by atoms with Crippen molar-refractivity contribution in [3.63, 3.8) is 0 Å². The van der Waals surface area contributed by atoms with E-state index in [1.807, 2.05) is 5.38 Å². The molecule has 5 N–H and O–H groups in total. The van der Waals surface area contributed by atoms with Gasteiger partial charge in [-0.3, -0.25) is 19.4 Å². The zero-order valence-corrected chi connectivity index (χ0v) is 25.6. The molecule has 11 nitrogen and oxygen atoms in total. The second kappa shape index (κ2) is 13.5. The molecule has 4 bridgehead atoms. The minimum atomic E-state index is -1.07. The van der Waals surface area contributed by atoms with Crippen molar-refractivity contribution >= 4 is 63.2 Å². The van der Waals surface area contributed by atoms with E-state index in [1.165, 1.54) is 23.1 Å². The molecule has 2 aliphatic heterocycles. The molecule has 0 saturated heterocycles. The van der Waals surface area contributed by atoms with Gasteiger partial charge in [0, 0.05) is 17.1 Å². The lowest BCUT2D eigenvalue weighted by Gasteiger charge is -2.27. The number of carbonyl (C=O) groups is 4. The van der Waals surface area contributed by atoms with E-state index >= 15 is 0 Å². The molecule has 0 radical (unpaired) electrons. The van der Waals surface area contributed by atoms with Crippen LogP contribution in [0.2, 0.25) is 0 Å². The molecule has 0 fully saturated rings. The summed E-state index contributed by atoms with van der Waals surface area (Å²) in [7, 11) is 0. The molecule has 1 aromatic carbocycles. The Labute approximate surface area is 253 Å². The van der Waals surface area contributed by atoms with Crippen LogP contribution in [0.25, 0.3) is 0 Å². The Morgan fingerprint density at radius 1 is 1.26 bits per heavy atom. The number of nitrogens with one attached hydrogen (secondary N) is 3. The fraction of sp³-hybridized carbons (Fsp3) is 0.448. The summed E-state index contributed by atoms with van der Waals surface area (Å²) in [6.45, 7) is 7.31. The highest BCUT2D eigenvalue weighted by Crippen LogP contribution is 2.32. The van der Waals surface area contributed by atoms with Gasteiger partial charge in [-0.1, -0.05) is 39.0 Å². The Morgan fingerprint density at radius 2 is 2.02 bits per heavy atom. The normalized spacial score (nSPS) is 24.1. The van der Waals surface area contributed by atoms with Crippen molar-refractivity contribution in [3.05, 3.63) is 52.5 Å². The number of nitrogens with two attached hydrogens (primary N) is 1. The number of hydrogen-bond donors (Lipinski definition) is 4. The Kier molecular flexibility index (Phi) is 10.0. The fourth-order valence-electron chi connectivity index (χ4n) is 4.24. The number of benzene rings is 1. The molecule has 3 amide bonds. The van der Waals surface area contributed by atoms with E-state index < -0.39 is 29.6 Å². The summed E-state index contributed by atoms with van der Waals surface area (Å²) in [5.74, 6) is -1.89. The third kappa shape index (κ3) is 7.77. The molecule has 0 spiro atoms. The monoisotopic (exact) mass is 612 g/mol. The van der Waals surface area contributed by atoms with Gasteiger partial charge in [0.1, 0.15) is 33.4 Å². The molecule has 42 heavy (non-hydrogen) atoms. The van der Waals surface area contributed by atoms with Gasteiger partial charge in [-0.05, 0) is 37.5 Å². The van der Waals surface area contributed by atoms with Crippen LogP contribution >= 0.6 is 23.1 Å². The van der Waals surface area contributed by atoms with Crippen molar-refractivity contribution in [2.24, 2.45) is 16.8 Å². The SMILES string of the molecule is CC(CC=CC1CC(=O)NCc2nc(cs2)C2=NC(C)(CS2)C(=O)NC(C(C)C)C(=O)O1)C(=O)Nc1ccccc1N. The lowest BCUT2D eigenvalue weighted by Crippen LogP contribution is -2.53. The number of thioether (sulfide) groups is 1. The van der Waals surface area contributed by atoms with Crippen LogP contribution in [0.15, 0.2) is 46.8 Å².